The average Bonchev–Trinajstić information content (AvgIpc) is 2.91. The van der Waals surface area contributed by atoms with Gasteiger partial charge < -0.3 is 19.7 Å². The Labute approximate surface area is 162 Å². The number of rotatable bonds is 5. The molecular weight excluding hydrogens is 386 g/mol. The second-order valence-corrected chi connectivity index (χ2v) is 6.39. The molecule has 1 amide bonds. The van der Waals surface area contributed by atoms with Crippen LogP contribution in [0.15, 0.2) is 12.1 Å². The van der Waals surface area contributed by atoms with Crippen molar-refractivity contribution in [3.8, 4) is 0 Å². The number of ether oxygens (including phenoxy) is 1. The van der Waals surface area contributed by atoms with Crippen LogP contribution in [-0.4, -0.2) is 42.8 Å². The van der Waals surface area contributed by atoms with Crippen LogP contribution in [0.2, 0.25) is 0 Å². The average molecular weight is 407 g/mol. The molecule has 1 aliphatic rings. The third-order valence-corrected chi connectivity index (χ3v) is 4.08. The van der Waals surface area contributed by atoms with E-state index in [0.29, 0.717) is 11.0 Å². The van der Waals surface area contributed by atoms with Crippen molar-refractivity contribution < 1.29 is 37.2 Å². The summed E-state index contributed by atoms with van der Waals surface area (Å²) >= 11 is 0. The van der Waals surface area contributed by atoms with Gasteiger partial charge in [0, 0.05) is 5.56 Å². The van der Waals surface area contributed by atoms with E-state index in [9.17, 15) is 27.8 Å². The highest BCUT2D eigenvalue weighted by molar-refractivity contribution is 7.59. The Kier molecular flexibility index (Phi) is 7.76. The van der Waals surface area contributed by atoms with Gasteiger partial charge in [-0.25, -0.2) is 4.79 Å². The van der Waals surface area contributed by atoms with E-state index in [0.717, 1.165) is 5.56 Å². The number of halogens is 3. The molecule has 0 saturated carbocycles. The number of carbonyl (C=O) groups is 2. The molecule has 0 saturated heterocycles. The molecule has 150 valence electrons. The Morgan fingerprint density at radius 1 is 1.37 bits per heavy atom. The van der Waals surface area contributed by atoms with Gasteiger partial charge in [0.05, 0.1) is 6.61 Å². The fraction of sp³-hybridized carbons (Fsp3) is 0.500. The zero-order valence-electron chi connectivity index (χ0n) is 15.0. The first-order valence-electron chi connectivity index (χ1n) is 7.97. The summed E-state index contributed by atoms with van der Waals surface area (Å²) in [5, 5.41) is 12.3. The molecular formula is C16H21BF3NO5S. The van der Waals surface area contributed by atoms with Crippen molar-refractivity contribution in [3.63, 3.8) is 0 Å². The van der Waals surface area contributed by atoms with Crippen molar-refractivity contribution in [2.24, 2.45) is 5.92 Å². The third-order valence-electron chi connectivity index (χ3n) is 4.08. The first-order chi connectivity index (χ1) is 12.0. The number of hydrogen-bond donors (Lipinski definition) is 2. The maximum absolute atomic E-state index is 12.5. The fourth-order valence-corrected chi connectivity index (χ4v) is 2.71. The molecule has 1 heterocycles. The van der Waals surface area contributed by atoms with Crippen LogP contribution in [-0.2, 0) is 20.8 Å². The summed E-state index contributed by atoms with van der Waals surface area (Å²) in [6, 6.07) is 1.90. The van der Waals surface area contributed by atoms with Gasteiger partial charge in [0.25, 0.3) is 5.91 Å². The second kappa shape index (κ2) is 8.98. The lowest BCUT2D eigenvalue weighted by molar-refractivity contribution is -0.188. The molecule has 1 aliphatic heterocycles. The first-order valence-corrected chi connectivity index (χ1v) is 7.97. The van der Waals surface area contributed by atoms with Crippen LogP contribution in [0.25, 0.3) is 0 Å². The molecule has 0 aromatic heterocycles. The van der Waals surface area contributed by atoms with Crippen molar-refractivity contribution in [2.45, 2.75) is 39.6 Å². The minimum absolute atomic E-state index is 0. The summed E-state index contributed by atoms with van der Waals surface area (Å²) in [6.07, 6.45) is -4.64. The summed E-state index contributed by atoms with van der Waals surface area (Å²) < 4.78 is 46.0. The molecule has 0 unspecified atom stereocenters. The smallest absolute Gasteiger partial charge is 0.454 e. The van der Waals surface area contributed by atoms with Crippen LogP contribution < -0.4 is 10.8 Å². The predicted molar refractivity (Wildman–Crippen MR) is 97.1 cm³/mol. The van der Waals surface area contributed by atoms with Crippen molar-refractivity contribution >= 4 is 38.0 Å². The zero-order valence-corrected chi connectivity index (χ0v) is 16.0. The highest BCUT2D eigenvalue weighted by Crippen LogP contribution is 2.18. The standard InChI is InChI=1S/C16H19BF3NO5.H2S/c1-8(2)13(15(23)25-7-16(18,19)20)21-14(22)11-5-4-10-6-26-17(24)12(10)9(11)3;/h4-5,8,13,24H,6-7H2,1-3H3,(H,21,22);1H2/t13-;/m0./s1. The van der Waals surface area contributed by atoms with Gasteiger partial charge in [-0.3, -0.25) is 4.79 Å². The molecule has 0 fully saturated rings. The summed E-state index contributed by atoms with van der Waals surface area (Å²) in [5.74, 6) is -2.29. The number of esters is 1. The van der Waals surface area contributed by atoms with E-state index in [4.69, 9.17) is 4.65 Å². The molecule has 0 spiro atoms. The Balaban J connectivity index is 0.00000364. The molecule has 11 heteroatoms. The van der Waals surface area contributed by atoms with E-state index in [1.807, 2.05) is 0 Å². The molecule has 1 aromatic carbocycles. The van der Waals surface area contributed by atoms with Crippen LogP contribution in [0.4, 0.5) is 13.2 Å². The van der Waals surface area contributed by atoms with E-state index >= 15 is 0 Å². The first kappa shape index (κ1) is 23.3. The Bertz CT molecular complexity index is 714. The van der Waals surface area contributed by atoms with Crippen LogP contribution in [0.3, 0.4) is 0 Å². The topological polar surface area (TPSA) is 84.9 Å². The molecule has 2 N–H and O–H groups in total. The van der Waals surface area contributed by atoms with Crippen LogP contribution >= 0.6 is 13.5 Å². The number of benzene rings is 1. The van der Waals surface area contributed by atoms with Gasteiger partial charge in [-0.15, -0.1) is 0 Å². The van der Waals surface area contributed by atoms with Gasteiger partial charge in [-0.2, -0.15) is 26.7 Å². The number of carbonyl (C=O) groups excluding carboxylic acids is 2. The third kappa shape index (κ3) is 5.63. The molecule has 27 heavy (non-hydrogen) atoms. The van der Waals surface area contributed by atoms with Gasteiger partial charge in [0.1, 0.15) is 6.04 Å². The van der Waals surface area contributed by atoms with Crippen molar-refractivity contribution in [2.75, 3.05) is 6.61 Å². The lowest BCUT2D eigenvalue weighted by Crippen LogP contribution is -2.46. The minimum atomic E-state index is -4.64. The van der Waals surface area contributed by atoms with Crippen LogP contribution in [0, 0.1) is 12.8 Å². The zero-order chi connectivity index (χ0) is 19.6. The van der Waals surface area contributed by atoms with Crippen molar-refractivity contribution in [1.29, 1.82) is 0 Å². The fourth-order valence-electron chi connectivity index (χ4n) is 2.71. The number of fused-ring (bicyclic) bond motifs is 1. The van der Waals surface area contributed by atoms with E-state index in [1.165, 1.54) is 6.07 Å². The van der Waals surface area contributed by atoms with Gasteiger partial charge in [-0.05, 0) is 35.5 Å². The van der Waals surface area contributed by atoms with E-state index < -0.39 is 43.7 Å². The largest absolute Gasteiger partial charge is 0.492 e. The highest BCUT2D eigenvalue weighted by Gasteiger charge is 2.34. The van der Waals surface area contributed by atoms with E-state index in [2.05, 4.69) is 10.1 Å². The summed E-state index contributed by atoms with van der Waals surface area (Å²) in [7, 11) is -1.14. The monoisotopic (exact) mass is 407 g/mol. The van der Waals surface area contributed by atoms with Gasteiger partial charge in [0.2, 0.25) is 0 Å². The summed E-state index contributed by atoms with van der Waals surface area (Å²) in [4.78, 5) is 24.5. The summed E-state index contributed by atoms with van der Waals surface area (Å²) in [5.41, 5.74) is 1.91. The van der Waals surface area contributed by atoms with Gasteiger partial charge in [0.15, 0.2) is 6.61 Å². The molecule has 2 rings (SSSR count). The molecule has 1 atom stereocenters. The SMILES string of the molecule is Cc1c(C(=O)N[C@H](C(=O)OCC(F)(F)F)C(C)C)ccc2c1B(O)OC2.S. The van der Waals surface area contributed by atoms with Crippen molar-refractivity contribution in [3.05, 3.63) is 28.8 Å². The minimum Gasteiger partial charge on any atom is -0.454 e. The van der Waals surface area contributed by atoms with Gasteiger partial charge >= 0.3 is 19.3 Å². The molecule has 0 radical (unpaired) electrons. The maximum Gasteiger partial charge on any atom is 0.492 e. The quantitative estimate of drug-likeness (QED) is 0.566. The van der Waals surface area contributed by atoms with E-state index in [1.54, 1.807) is 26.8 Å². The Morgan fingerprint density at radius 2 is 2.00 bits per heavy atom. The molecule has 6 nitrogen and oxygen atoms in total. The van der Waals surface area contributed by atoms with Crippen LogP contribution in [0.1, 0.15) is 35.3 Å². The second-order valence-electron chi connectivity index (χ2n) is 6.39. The lowest BCUT2D eigenvalue weighted by Gasteiger charge is -2.22. The molecule has 0 aliphatic carbocycles. The molecule has 1 aromatic rings. The van der Waals surface area contributed by atoms with E-state index in [-0.39, 0.29) is 25.7 Å². The Morgan fingerprint density at radius 3 is 2.56 bits per heavy atom. The number of amides is 1. The highest BCUT2D eigenvalue weighted by atomic mass is 32.1. The molecule has 0 bridgehead atoms. The summed E-state index contributed by atoms with van der Waals surface area (Å²) in [6.45, 7) is 3.28. The van der Waals surface area contributed by atoms with Crippen molar-refractivity contribution in [1.82, 2.24) is 5.32 Å². The number of nitrogens with one attached hydrogen (secondary N) is 1. The lowest BCUT2D eigenvalue weighted by atomic mass is 9.75. The predicted octanol–water partition coefficient (Wildman–Crippen LogP) is 1.19. The Hall–Kier alpha value is -1.72. The number of hydrogen-bond acceptors (Lipinski definition) is 5. The van der Waals surface area contributed by atoms with Crippen LogP contribution in [0.5, 0.6) is 0 Å². The normalized spacial score (nSPS) is 14.4. The maximum atomic E-state index is 12.5. The van der Waals surface area contributed by atoms with Gasteiger partial charge in [-0.1, -0.05) is 19.9 Å². The number of alkyl halides is 3.